The van der Waals surface area contributed by atoms with Gasteiger partial charge in [0.25, 0.3) is 0 Å². The number of nitrogens with zero attached hydrogens (tertiary/aromatic N) is 1. The average Bonchev–Trinajstić information content (AvgIpc) is 2.83. The summed E-state index contributed by atoms with van der Waals surface area (Å²) < 4.78 is 64.0. The number of benzene rings is 2. The Bertz CT molecular complexity index is 1120. The second-order valence-corrected chi connectivity index (χ2v) is 12.3. The van der Waals surface area contributed by atoms with Crippen LogP contribution in [-0.4, -0.2) is 31.8 Å². The standard InChI is InChI=1S/C14H19NO.C13H16F3NO2S/c1-14(2,3)13-8-11-6-4-5-7-12(11)9-15(13)10-16;14-13(15,16)10-6-8-12(9-7-10)20(18,19)17-11-4-2-1-3-5-11/h4-7,10,13H,8-9H2,1-3H3;6-9,11,17H,1-5H2. The third kappa shape index (κ3) is 7.32. The summed E-state index contributed by atoms with van der Waals surface area (Å²) in [4.78, 5) is 13.0. The zero-order chi connectivity index (χ0) is 26.6. The van der Waals surface area contributed by atoms with Gasteiger partial charge >= 0.3 is 6.18 Å². The first kappa shape index (κ1) is 28.2. The Morgan fingerprint density at radius 2 is 1.50 bits per heavy atom. The van der Waals surface area contributed by atoms with Crippen LogP contribution in [0.5, 0.6) is 0 Å². The quantitative estimate of drug-likeness (QED) is 0.504. The fourth-order valence-electron chi connectivity index (χ4n) is 4.79. The molecule has 0 saturated heterocycles. The highest BCUT2D eigenvalue weighted by Crippen LogP contribution is 2.33. The fraction of sp³-hybridized carbons (Fsp3) is 0.519. The Hall–Kier alpha value is -2.39. The van der Waals surface area contributed by atoms with Gasteiger partial charge in [-0.1, -0.05) is 64.3 Å². The van der Waals surface area contributed by atoms with E-state index in [1.54, 1.807) is 0 Å². The van der Waals surface area contributed by atoms with E-state index in [4.69, 9.17) is 0 Å². The Labute approximate surface area is 212 Å². The van der Waals surface area contributed by atoms with E-state index in [-0.39, 0.29) is 16.4 Å². The van der Waals surface area contributed by atoms with E-state index < -0.39 is 21.8 Å². The highest BCUT2D eigenvalue weighted by molar-refractivity contribution is 7.89. The molecule has 2 aliphatic rings. The topological polar surface area (TPSA) is 66.5 Å². The van der Waals surface area contributed by atoms with Crippen LogP contribution in [0.15, 0.2) is 53.4 Å². The number of alkyl halides is 3. The van der Waals surface area contributed by atoms with Crippen molar-refractivity contribution in [3.63, 3.8) is 0 Å². The second kappa shape index (κ2) is 11.3. The molecule has 1 atom stereocenters. The van der Waals surface area contributed by atoms with E-state index in [9.17, 15) is 26.4 Å². The molecule has 1 amide bonds. The number of fused-ring (bicyclic) bond motifs is 1. The normalized spacial score (nSPS) is 19.2. The summed E-state index contributed by atoms with van der Waals surface area (Å²) in [7, 11) is -3.74. The van der Waals surface area contributed by atoms with Crippen LogP contribution in [0.3, 0.4) is 0 Å². The van der Waals surface area contributed by atoms with Gasteiger partial charge in [-0.25, -0.2) is 13.1 Å². The maximum Gasteiger partial charge on any atom is 0.416 e. The van der Waals surface area contributed by atoms with Gasteiger partial charge in [0, 0.05) is 18.6 Å². The van der Waals surface area contributed by atoms with Crippen LogP contribution in [-0.2, 0) is 34.0 Å². The Morgan fingerprint density at radius 1 is 0.917 bits per heavy atom. The van der Waals surface area contributed by atoms with Gasteiger partial charge in [0.2, 0.25) is 16.4 Å². The molecular formula is C27H35F3N2O3S. The van der Waals surface area contributed by atoms with Crippen molar-refractivity contribution < 1.29 is 26.4 Å². The van der Waals surface area contributed by atoms with E-state index in [0.29, 0.717) is 6.04 Å². The number of amides is 1. The molecule has 0 radical (unpaired) electrons. The van der Waals surface area contributed by atoms with Gasteiger partial charge in [-0.15, -0.1) is 0 Å². The molecule has 2 aromatic carbocycles. The van der Waals surface area contributed by atoms with Gasteiger partial charge in [-0.05, 0) is 60.1 Å². The Morgan fingerprint density at radius 3 is 2.03 bits per heavy atom. The number of nitrogens with one attached hydrogen (secondary N) is 1. The van der Waals surface area contributed by atoms with Crippen LogP contribution in [0.4, 0.5) is 13.2 Å². The first-order valence-electron chi connectivity index (χ1n) is 12.3. The summed E-state index contributed by atoms with van der Waals surface area (Å²) in [5, 5.41) is 0. The van der Waals surface area contributed by atoms with Crippen LogP contribution < -0.4 is 4.72 Å². The zero-order valence-electron chi connectivity index (χ0n) is 21.0. The minimum absolute atomic E-state index is 0.115. The van der Waals surface area contributed by atoms with E-state index >= 15 is 0 Å². The van der Waals surface area contributed by atoms with Crippen molar-refractivity contribution in [2.45, 2.75) is 89.0 Å². The molecule has 1 aliphatic heterocycles. The number of hydrogen-bond acceptors (Lipinski definition) is 3. The molecule has 5 nitrogen and oxygen atoms in total. The summed E-state index contributed by atoms with van der Waals surface area (Å²) in [5.74, 6) is 0. The lowest BCUT2D eigenvalue weighted by atomic mass is 9.79. The molecule has 1 saturated carbocycles. The molecule has 9 heteroatoms. The third-order valence-corrected chi connectivity index (χ3v) is 8.38. The summed E-state index contributed by atoms with van der Waals surface area (Å²) in [6, 6.07) is 12.2. The van der Waals surface area contributed by atoms with Crippen molar-refractivity contribution in [2.24, 2.45) is 5.41 Å². The van der Waals surface area contributed by atoms with E-state index in [0.717, 1.165) is 75.7 Å². The smallest absolute Gasteiger partial charge is 0.337 e. The molecule has 2 aromatic rings. The fourth-order valence-corrected chi connectivity index (χ4v) is 6.09. The number of halogens is 3. The molecule has 0 bridgehead atoms. The molecule has 1 aliphatic carbocycles. The largest absolute Gasteiger partial charge is 0.416 e. The minimum Gasteiger partial charge on any atom is -0.337 e. The van der Waals surface area contributed by atoms with Crippen LogP contribution in [0.1, 0.15) is 69.6 Å². The molecule has 198 valence electrons. The minimum atomic E-state index is -4.46. The first-order valence-corrected chi connectivity index (χ1v) is 13.8. The van der Waals surface area contributed by atoms with Crippen molar-refractivity contribution in [1.29, 1.82) is 0 Å². The first-order chi connectivity index (χ1) is 16.8. The zero-order valence-corrected chi connectivity index (χ0v) is 21.8. The number of sulfonamides is 1. The van der Waals surface area contributed by atoms with Gasteiger partial charge in [0.05, 0.1) is 10.5 Å². The lowest BCUT2D eigenvalue weighted by molar-refractivity contribution is -0.137. The second-order valence-electron chi connectivity index (χ2n) is 10.6. The Balaban J connectivity index is 0.000000205. The molecule has 36 heavy (non-hydrogen) atoms. The highest BCUT2D eigenvalue weighted by atomic mass is 32.2. The summed E-state index contributed by atoms with van der Waals surface area (Å²) in [6.07, 6.45) is 2.10. The predicted octanol–water partition coefficient (Wildman–Crippen LogP) is 5.93. The molecule has 1 fully saturated rings. The van der Waals surface area contributed by atoms with Gasteiger partial charge in [-0.2, -0.15) is 13.2 Å². The molecule has 1 heterocycles. The highest BCUT2D eigenvalue weighted by Gasteiger charge is 2.34. The van der Waals surface area contributed by atoms with Crippen LogP contribution in [0.2, 0.25) is 0 Å². The summed E-state index contributed by atoms with van der Waals surface area (Å²) >= 11 is 0. The van der Waals surface area contributed by atoms with Crippen molar-refractivity contribution in [2.75, 3.05) is 0 Å². The maximum absolute atomic E-state index is 12.4. The van der Waals surface area contributed by atoms with Gasteiger partial charge in [0.15, 0.2) is 0 Å². The lowest BCUT2D eigenvalue weighted by Gasteiger charge is -2.42. The third-order valence-electron chi connectivity index (χ3n) is 6.84. The van der Waals surface area contributed by atoms with E-state index in [1.807, 2.05) is 11.0 Å². The summed E-state index contributed by atoms with van der Waals surface area (Å²) in [6.45, 7) is 7.34. The number of rotatable bonds is 4. The van der Waals surface area contributed by atoms with Crippen molar-refractivity contribution in [3.8, 4) is 0 Å². The van der Waals surface area contributed by atoms with Crippen molar-refractivity contribution in [1.82, 2.24) is 9.62 Å². The lowest BCUT2D eigenvalue weighted by Crippen LogP contribution is -2.47. The summed E-state index contributed by atoms with van der Waals surface area (Å²) in [5.41, 5.74) is 1.96. The molecule has 0 aromatic heterocycles. The van der Waals surface area contributed by atoms with E-state index in [2.05, 4.69) is 43.7 Å². The number of carbonyl (C=O) groups is 1. The molecule has 1 unspecified atom stereocenters. The maximum atomic E-state index is 12.4. The Kier molecular flexibility index (Phi) is 8.88. The van der Waals surface area contributed by atoms with Crippen LogP contribution in [0, 0.1) is 5.41 Å². The van der Waals surface area contributed by atoms with E-state index in [1.165, 1.54) is 11.1 Å². The monoisotopic (exact) mass is 524 g/mol. The molecule has 1 N–H and O–H groups in total. The van der Waals surface area contributed by atoms with Gasteiger partial charge in [-0.3, -0.25) is 4.79 Å². The SMILES string of the molecule is CC(C)(C)C1Cc2ccccc2CN1C=O.O=S(=O)(NC1CCCCC1)c1ccc(C(F)(F)F)cc1. The van der Waals surface area contributed by atoms with Crippen LogP contribution in [0.25, 0.3) is 0 Å². The van der Waals surface area contributed by atoms with Crippen molar-refractivity contribution >= 4 is 16.4 Å². The van der Waals surface area contributed by atoms with Crippen LogP contribution >= 0.6 is 0 Å². The predicted molar refractivity (Wildman–Crippen MR) is 134 cm³/mol. The molecule has 4 rings (SSSR count). The number of carbonyl (C=O) groups excluding carboxylic acids is 1. The molecule has 0 spiro atoms. The van der Waals surface area contributed by atoms with Gasteiger partial charge < -0.3 is 4.90 Å². The van der Waals surface area contributed by atoms with Gasteiger partial charge in [0.1, 0.15) is 0 Å². The van der Waals surface area contributed by atoms with Crippen molar-refractivity contribution in [3.05, 3.63) is 65.2 Å². The number of hydrogen-bond donors (Lipinski definition) is 1. The average molecular weight is 525 g/mol. The molecular weight excluding hydrogens is 489 g/mol.